The lowest BCUT2D eigenvalue weighted by molar-refractivity contribution is 0.296. The maximum absolute atomic E-state index is 5.88. The second-order valence-corrected chi connectivity index (χ2v) is 5.30. The predicted molar refractivity (Wildman–Crippen MR) is 78.2 cm³/mol. The number of hydrogen-bond donors (Lipinski definition) is 1. The number of benzene rings is 1. The van der Waals surface area contributed by atoms with Crippen LogP contribution < -0.4 is 14.8 Å². The van der Waals surface area contributed by atoms with Gasteiger partial charge in [0.25, 0.3) is 0 Å². The van der Waals surface area contributed by atoms with Gasteiger partial charge in [0.15, 0.2) is 0 Å². The molecule has 1 aliphatic carbocycles. The highest BCUT2D eigenvalue weighted by Gasteiger charge is 2.20. The first-order valence-corrected chi connectivity index (χ1v) is 7.13. The monoisotopic (exact) mass is 288 g/mol. The third kappa shape index (κ3) is 3.72. The summed E-state index contributed by atoms with van der Waals surface area (Å²) in [5.41, 5.74) is 1.92. The van der Waals surface area contributed by atoms with Crippen LogP contribution in [0.5, 0.6) is 11.5 Å². The lowest BCUT2D eigenvalue weighted by Gasteiger charge is -2.12. The number of methoxy groups -OCH3 is 1. The highest BCUT2D eigenvalue weighted by atomic mass is 16.5. The van der Waals surface area contributed by atoms with Gasteiger partial charge in [-0.25, -0.2) is 0 Å². The van der Waals surface area contributed by atoms with Crippen molar-refractivity contribution in [3.8, 4) is 11.5 Å². The molecule has 21 heavy (non-hydrogen) atoms. The highest BCUT2D eigenvalue weighted by molar-refractivity contribution is 5.40. The SMILES string of the molecule is COc1ccc(OCc2cn(C)nn2)c(CNC2CC2)c1. The van der Waals surface area contributed by atoms with Crippen LogP contribution in [0.2, 0.25) is 0 Å². The van der Waals surface area contributed by atoms with Gasteiger partial charge in [-0.1, -0.05) is 5.21 Å². The van der Waals surface area contributed by atoms with Crippen molar-refractivity contribution in [1.82, 2.24) is 20.3 Å². The van der Waals surface area contributed by atoms with Crippen molar-refractivity contribution in [3.63, 3.8) is 0 Å². The van der Waals surface area contributed by atoms with Gasteiger partial charge in [0.1, 0.15) is 23.8 Å². The molecule has 112 valence electrons. The first-order valence-electron chi connectivity index (χ1n) is 7.13. The summed E-state index contributed by atoms with van der Waals surface area (Å²) in [7, 11) is 3.52. The van der Waals surface area contributed by atoms with Crippen LogP contribution in [-0.4, -0.2) is 28.1 Å². The van der Waals surface area contributed by atoms with Crippen LogP contribution in [0.15, 0.2) is 24.4 Å². The van der Waals surface area contributed by atoms with Crippen LogP contribution in [0.25, 0.3) is 0 Å². The van der Waals surface area contributed by atoms with Gasteiger partial charge < -0.3 is 14.8 Å². The number of aryl methyl sites for hydroxylation is 1. The molecule has 0 atom stereocenters. The molecule has 2 aromatic rings. The Morgan fingerprint density at radius 1 is 1.38 bits per heavy atom. The summed E-state index contributed by atoms with van der Waals surface area (Å²) in [5, 5.41) is 11.4. The van der Waals surface area contributed by atoms with E-state index in [9.17, 15) is 0 Å². The lowest BCUT2D eigenvalue weighted by atomic mass is 10.2. The zero-order valence-corrected chi connectivity index (χ0v) is 12.4. The Morgan fingerprint density at radius 3 is 2.90 bits per heavy atom. The zero-order valence-electron chi connectivity index (χ0n) is 12.4. The van der Waals surface area contributed by atoms with E-state index in [0.717, 1.165) is 29.3 Å². The van der Waals surface area contributed by atoms with E-state index in [2.05, 4.69) is 15.6 Å². The molecule has 0 spiro atoms. The Morgan fingerprint density at radius 2 is 2.24 bits per heavy atom. The summed E-state index contributed by atoms with van der Waals surface area (Å²) in [6, 6.07) is 6.52. The minimum atomic E-state index is 0.413. The Kier molecular flexibility index (Phi) is 4.06. The summed E-state index contributed by atoms with van der Waals surface area (Å²) < 4.78 is 12.8. The largest absolute Gasteiger partial charge is 0.497 e. The molecule has 0 unspecified atom stereocenters. The summed E-state index contributed by atoms with van der Waals surface area (Å²) >= 11 is 0. The second kappa shape index (κ2) is 6.13. The topological polar surface area (TPSA) is 61.2 Å². The zero-order chi connectivity index (χ0) is 14.7. The Labute approximate surface area is 124 Å². The Bertz CT molecular complexity index is 607. The molecule has 1 aliphatic rings. The Balaban J connectivity index is 1.69. The molecule has 0 radical (unpaired) electrons. The summed E-state index contributed by atoms with van der Waals surface area (Å²) in [6.45, 7) is 1.20. The summed E-state index contributed by atoms with van der Waals surface area (Å²) in [4.78, 5) is 0. The van der Waals surface area contributed by atoms with Crippen LogP contribution in [0.3, 0.4) is 0 Å². The van der Waals surface area contributed by atoms with Gasteiger partial charge in [-0.05, 0) is 31.0 Å². The van der Waals surface area contributed by atoms with Gasteiger partial charge in [-0.2, -0.15) is 0 Å². The van der Waals surface area contributed by atoms with E-state index in [-0.39, 0.29) is 0 Å². The fourth-order valence-electron chi connectivity index (χ4n) is 2.12. The van der Waals surface area contributed by atoms with Gasteiger partial charge in [-0.3, -0.25) is 4.68 Å². The normalized spacial score (nSPS) is 14.2. The average Bonchev–Trinajstić information content (AvgIpc) is 3.24. The number of hydrogen-bond acceptors (Lipinski definition) is 5. The lowest BCUT2D eigenvalue weighted by Crippen LogP contribution is -2.16. The van der Waals surface area contributed by atoms with Crippen LogP contribution in [-0.2, 0) is 20.2 Å². The van der Waals surface area contributed by atoms with Crippen LogP contribution in [0, 0.1) is 0 Å². The van der Waals surface area contributed by atoms with E-state index < -0.39 is 0 Å². The number of nitrogens with one attached hydrogen (secondary N) is 1. The molecule has 1 saturated carbocycles. The molecule has 1 fully saturated rings. The highest BCUT2D eigenvalue weighted by Crippen LogP contribution is 2.26. The van der Waals surface area contributed by atoms with Gasteiger partial charge in [0, 0.05) is 25.2 Å². The van der Waals surface area contributed by atoms with Gasteiger partial charge in [0.2, 0.25) is 0 Å². The number of rotatable bonds is 7. The predicted octanol–water partition coefficient (Wildman–Crippen LogP) is 1.65. The maximum atomic E-state index is 5.88. The van der Waals surface area contributed by atoms with E-state index in [1.54, 1.807) is 11.8 Å². The van der Waals surface area contributed by atoms with Crippen molar-refractivity contribution in [3.05, 3.63) is 35.7 Å². The molecule has 0 aliphatic heterocycles. The second-order valence-electron chi connectivity index (χ2n) is 5.30. The third-order valence-electron chi connectivity index (χ3n) is 3.45. The summed E-state index contributed by atoms with van der Waals surface area (Å²) in [5.74, 6) is 1.70. The fourth-order valence-corrected chi connectivity index (χ4v) is 2.12. The molecule has 6 heteroatoms. The molecular weight excluding hydrogens is 268 g/mol. The fraction of sp³-hybridized carbons (Fsp3) is 0.467. The Hall–Kier alpha value is -2.08. The molecule has 1 N–H and O–H groups in total. The molecule has 1 aromatic carbocycles. The van der Waals surface area contributed by atoms with Crippen molar-refractivity contribution in [1.29, 1.82) is 0 Å². The number of nitrogens with zero attached hydrogens (tertiary/aromatic N) is 3. The smallest absolute Gasteiger partial charge is 0.134 e. The summed E-state index contributed by atoms with van der Waals surface area (Å²) in [6.07, 6.45) is 4.38. The van der Waals surface area contributed by atoms with Crippen LogP contribution in [0.1, 0.15) is 24.1 Å². The van der Waals surface area contributed by atoms with Crippen molar-refractivity contribution >= 4 is 0 Å². The van der Waals surface area contributed by atoms with Crippen molar-refractivity contribution < 1.29 is 9.47 Å². The van der Waals surface area contributed by atoms with E-state index in [4.69, 9.17) is 9.47 Å². The van der Waals surface area contributed by atoms with Crippen molar-refractivity contribution in [2.24, 2.45) is 7.05 Å². The molecule has 1 aromatic heterocycles. The molecule has 0 saturated heterocycles. The van der Waals surface area contributed by atoms with Crippen LogP contribution in [0.4, 0.5) is 0 Å². The van der Waals surface area contributed by atoms with E-state index in [0.29, 0.717) is 12.6 Å². The quantitative estimate of drug-likeness (QED) is 0.839. The molecule has 0 bridgehead atoms. The van der Waals surface area contributed by atoms with Gasteiger partial charge in [-0.15, -0.1) is 5.10 Å². The van der Waals surface area contributed by atoms with E-state index in [1.165, 1.54) is 12.8 Å². The molecule has 0 amide bonds. The van der Waals surface area contributed by atoms with Crippen molar-refractivity contribution in [2.45, 2.75) is 32.0 Å². The maximum Gasteiger partial charge on any atom is 0.134 e. The standard InChI is InChI=1S/C15H20N4O2/c1-19-9-13(17-18-19)10-21-15-6-5-14(20-2)7-11(15)8-16-12-3-4-12/h5-7,9,12,16H,3-4,8,10H2,1-2H3. The molecule has 3 rings (SSSR count). The van der Waals surface area contributed by atoms with E-state index in [1.807, 2.05) is 31.4 Å². The first-order chi connectivity index (χ1) is 10.2. The molecule has 1 heterocycles. The molecular formula is C15H20N4O2. The van der Waals surface area contributed by atoms with Gasteiger partial charge >= 0.3 is 0 Å². The first kappa shape index (κ1) is 13.9. The van der Waals surface area contributed by atoms with E-state index >= 15 is 0 Å². The van der Waals surface area contributed by atoms with Crippen molar-refractivity contribution in [2.75, 3.05) is 7.11 Å². The van der Waals surface area contributed by atoms with Crippen LogP contribution >= 0.6 is 0 Å². The molecule has 6 nitrogen and oxygen atoms in total. The van der Waals surface area contributed by atoms with Gasteiger partial charge in [0.05, 0.1) is 13.3 Å². The minimum absolute atomic E-state index is 0.413. The number of aromatic nitrogens is 3. The minimum Gasteiger partial charge on any atom is -0.497 e. The number of ether oxygens (including phenoxy) is 2. The third-order valence-corrected chi connectivity index (χ3v) is 3.45. The average molecular weight is 288 g/mol.